The average Bonchev–Trinajstić information content (AvgIpc) is 2.79. The molecule has 0 atom stereocenters. The van der Waals surface area contributed by atoms with Gasteiger partial charge in [-0.2, -0.15) is 0 Å². The molecule has 1 aromatic carbocycles. The molecule has 0 amide bonds. The van der Waals surface area contributed by atoms with Gasteiger partial charge in [0.25, 0.3) is 0 Å². The van der Waals surface area contributed by atoms with Gasteiger partial charge in [0.1, 0.15) is 0 Å². The molecule has 0 aromatic heterocycles. The summed E-state index contributed by atoms with van der Waals surface area (Å²) < 4.78 is 0. The van der Waals surface area contributed by atoms with E-state index in [4.69, 9.17) is 0 Å². The first-order valence-electron chi connectivity index (χ1n) is 9.30. The van der Waals surface area contributed by atoms with Crippen LogP contribution in [0.3, 0.4) is 0 Å². The van der Waals surface area contributed by atoms with Gasteiger partial charge in [-0.25, -0.2) is 19.2 Å². The van der Waals surface area contributed by atoms with Gasteiger partial charge in [-0.1, -0.05) is 49.6 Å². The van der Waals surface area contributed by atoms with Crippen LogP contribution in [-0.2, 0) is 19.2 Å². The Hall–Kier alpha value is -4.46. The molecule has 162 valence electrons. The molecule has 0 aliphatic heterocycles. The van der Waals surface area contributed by atoms with E-state index in [2.05, 4.69) is 13.2 Å². The Balaban J connectivity index is 2.55. The van der Waals surface area contributed by atoms with Gasteiger partial charge in [-0.3, -0.25) is 0 Å². The van der Waals surface area contributed by atoms with E-state index in [-0.39, 0.29) is 11.1 Å². The summed E-state index contributed by atoms with van der Waals surface area (Å²) in [7, 11) is 0. The van der Waals surface area contributed by atoms with Gasteiger partial charge >= 0.3 is 23.9 Å². The molecule has 0 saturated heterocycles. The molecule has 2 bridgehead atoms. The zero-order chi connectivity index (χ0) is 23.7. The van der Waals surface area contributed by atoms with Crippen LogP contribution in [0.1, 0.15) is 23.0 Å². The number of hydrogen-bond donors (Lipinski definition) is 4. The van der Waals surface area contributed by atoms with Crippen molar-refractivity contribution in [1.29, 1.82) is 0 Å². The fourth-order valence-corrected chi connectivity index (χ4v) is 3.90. The number of rotatable bonds is 4. The Morgan fingerprint density at radius 2 is 1.00 bits per heavy atom. The van der Waals surface area contributed by atoms with Crippen LogP contribution in [0.25, 0.3) is 0 Å². The summed E-state index contributed by atoms with van der Waals surface area (Å²) in [5, 5.41) is 38.8. The second kappa shape index (κ2) is 8.35. The van der Waals surface area contributed by atoms with Gasteiger partial charge < -0.3 is 20.4 Å². The first kappa shape index (κ1) is 22.2. The Morgan fingerprint density at radius 1 is 0.625 bits per heavy atom. The number of carboxylic acid groups (broad SMARTS) is 4. The Labute approximate surface area is 182 Å². The van der Waals surface area contributed by atoms with Gasteiger partial charge in [0.05, 0.1) is 22.3 Å². The molecule has 1 aromatic rings. The van der Waals surface area contributed by atoms with E-state index >= 15 is 0 Å². The SMILES string of the molecule is C=C1/C=C(C(=O)O)\C(C(=O)O)=C/C2/C=C(C(=O)O)\C(C(=O)O)=C/C(=C)C1c1ccccc12. The lowest BCUT2D eigenvalue weighted by Gasteiger charge is -2.23. The van der Waals surface area contributed by atoms with Crippen molar-refractivity contribution in [3.05, 3.63) is 106 Å². The van der Waals surface area contributed by atoms with E-state index in [9.17, 15) is 39.6 Å². The van der Waals surface area contributed by atoms with Crippen LogP contribution in [-0.4, -0.2) is 44.3 Å². The van der Waals surface area contributed by atoms with Gasteiger partial charge in [0, 0.05) is 11.8 Å². The molecule has 2 aliphatic rings. The summed E-state index contributed by atoms with van der Waals surface area (Å²) in [4.78, 5) is 47.7. The first-order valence-corrected chi connectivity index (χ1v) is 9.30. The highest BCUT2D eigenvalue weighted by atomic mass is 16.4. The summed E-state index contributed by atoms with van der Waals surface area (Å²) in [5.41, 5.74) is -0.866. The highest BCUT2D eigenvalue weighted by molar-refractivity contribution is 6.07. The molecular formula is C24H18O8. The van der Waals surface area contributed by atoms with Gasteiger partial charge in [-0.15, -0.1) is 0 Å². The second-order valence-corrected chi connectivity index (χ2v) is 7.23. The molecule has 2 aliphatic carbocycles. The normalized spacial score (nSPS) is 27.0. The lowest BCUT2D eigenvalue weighted by atomic mass is 9.80. The highest BCUT2D eigenvalue weighted by Gasteiger charge is 2.32. The molecule has 0 saturated carbocycles. The van der Waals surface area contributed by atoms with Crippen LogP contribution < -0.4 is 0 Å². The molecule has 0 heterocycles. The van der Waals surface area contributed by atoms with E-state index in [0.717, 1.165) is 24.3 Å². The lowest BCUT2D eigenvalue weighted by Crippen LogP contribution is -2.15. The van der Waals surface area contributed by atoms with Crippen molar-refractivity contribution < 1.29 is 39.6 Å². The Bertz CT molecular complexity index is 1150. The standard InChI is InChI=1S/C24H18O8/c1-11-7-16(21(25)26)18(23(29)30)9-13-10-19(24(31)32)17(22(27)28)8-12(2)20(11)15-6-4-3-5-14(13)15/h3-10,13,20H,1-2H2,(H,25,26)(H,27,28)(H,29,30)(H,31,32)/b16-7+,17-8+,18-9+,19-10+. The molecule has 4 N–H and O–H groups in total. The number of benzene rings is 1. The molecule has 0 fully saturated rings. The van der Waals surface area contributed by atoms with E-state index in [1.165, 1.54) is 0 Å². The van der Waals surface area contributed by atoms with Crippen molar-refractivity contribution in [2.24, 2.45) is 0 Å². The van der Waals surface area contributed by atoms with Gasteiger partial charge in [0.15, 0.2) is 0 Å². The predicted molar refractivity (Wildman–Crippen MR) is 113 cm³/mol. The van der Waals surface area contributed by atoms with Crippen molar-refractivity contribution in [2.45, 2.75) is 11.8 Å². The summed E-state index contributed by atoms with van der Waals surface area (Å²) in [6.45, 7) is 7.81. The van der Waals surface area contributed by atoms with E-state index in [1.807, 2.05) is 0 Å². The topological polar surface area (TPSA) is 149 Å². The summed E-state index contributed by atoms with van der Waals surface area (Å²) >= 11 is 0. The van der Waals surface area contributed by atoms with Crippen LogP contribution in [0.15, 0.2) is 95.2 Å². The maximum absolute atomic E-state index is 12.0. The summed E-state index contributed by atoms with van der Waals surface area (Å²) in [6, 6.07) is 6.69. The number of carboxylic acids is 4. The average molecular weight is 434 g/mol. The Morgan fingerprint density at radius 3 is 1.38 bits per heavy atom. The maximum Gasteiger partial charge on any atom is 0.336 e. The van der Waals surface area contributed by atoms with E-state index in [0.29, 0.717) is 11.1 Å². The van der Waals surface area contributed by atoms with Crippen LogP contribution in [0, 0.1) is 0 Å². The molecule has 8 heteroatoms. The fraction of sp³-hybridized carbons (Fsp3) is 0.0833. The van der Waals surface area contributed by atoms with Crippen molar-refractivity contribution in [1.82, 2.24) is 0 Å². The van der Waals surface area contributed by atoms with Gasteiger partial charge in [-0.05, 0) is 34.4 Å². The third-order valence-corrected chi connectivity index (χ3v) is 5.26. The first-order chi connectivity index (χ1) is 15.0. The third-order valence-electron chi connectivity index (χ3n) is 5.26. The molecular weight excluding hydrogens is 416 g/mol. The number of aliphatic carboxylic acids is 4. The van der Waals surface area contributed by atoms with Crippen LogP contribution in [0.4, 0.5) is 0 Å². The summed E-state index contributed by atoms with van der Waals surface area (Å²) in [6.07, 6.45) is 4.45. The fourth-order valence-electron chi connectivity index (χ4n) is 3.90. The molecule has 32 heavy (non-hydrogen) atoms. The maximum atomic E-state index is 12.0. The van der Waals surface area contributed by atoms with Crippen LogP contribution in [0.5, 0.6) is 0 Å². The van der Waals surface area contributed by atoms with Crippen molar-refractivity contribution in [2.75, 3.05) is 0 Å². The number of allylic oxidation sites excluding steroid dienone is 6. The van der Waals surface area contributed by atoms with E-state index < -0.39 is 58.0 Å². The Kier molecular flexibility index (Phi) is 5.80. The smallest absolute Gasteiger partial charge is 0.336 e. The van der Waals surface area contributed by atoms with Gasteiger partial charge in [0.2, 0.25) is 0 Å². The predicted octanol–water partition coefficient (Wildman–Crippen LogP) is 3.04. The second-order valence-electron chi connectivity index (χ2n) is 7.23. The van der Waals surface area contributed by atoms with Crippen LogP contribution >= 0.6 is 0 Å². The monoisotopic (exact) mass is 434 g/mol. The minimum absolute atomic E-state index is 0.160. The lowest BCUT2D eigenvalue weighted by molar-refractivity contribution is -0.136. The van der Waals surface area contributed by atoms with Crippen molar-refractivity contribution in [3.8, 4) is 0 Å². The third kappa shape index (κ3) is 3.93. The van der Waals surface area contributed by atoms with Crippen molar-refractivity contribution >= 4 is 23.9 Å². The molecule has 8 nitrogen and oxygen atoms in total. The minimum atomic E-state index is -1.54. The minimum Gasteiger partial charge on any atom is -0.478 e. The van der Waals surface area contributed by atoms with E-state index in [1.54, 1.807) is 24.3 Å². The van der Waals surface area contributed by atoms with Crippen LogP contribution in [0.2, 0.25) is 0 Å². The zero-order valence-electron chi connectivity index (χ0n) is 16.6. The molecule has 3 rings (SSSR count). The molecule has 0 unspecified atom stereocenters. The van der Waals surface area contributed by atoms with Crippen molar-refractivity contribution in [3.63, 3.8) is 0 Å². The summed E-state index contributed by atoms with van der Waals surface area (Å²) in [5.74, 6) is -7.97. The zero-order valence-corrected chi connectivity index (χ0v) is 16.6. The number of hydrogen-bond acceptors (Lipinski definition) is 4. The highest BCUT2D eigenvalue weighted by Crippen LogP contribution is 2.42. The largest absolute Gasteiger partial charge is 0.478 e. The number of carbonyl (C=O) groups is 4. The molecule has 0 spiro atoms. The molecule has 0 radical (unpaired) electrons. The quantitative estimate of drug-likeness (QED) is 0.565.